The molecule has 0 saturated heterocycles. The van der Waals surface area contributed by atoms with Gasteiger partial charge in [0.2, 0.25) is 6.04 Å². The third-order valence-corrected chi connectivity index (χ3v) is 5.58. The predicted molar refractivity (Wildman–Crippen MR) is 110 cm³/mol. The Morgan fingerprint density at radius 2 is 1.19 bits per heavy atom. The SMILES string of the molecule is CCCCCCCCCCCCCCCC[N+](C)(C)[C@@H](CO)C(=O)OC. The molecular formula is C22H46NO3+. The maximum atomic E-state index is 11.7. The van der Waals surface area contributed by atoms with E-state index in [1.807, 2.05) is 14.1 Å². The van der Waals surface area contributed by atoms with Gasteiger partial charge < -0.3 is 14.3 Å². The molecule has 0 radical (unpaired) electrons. The van der Waals surface area contributed by atoms with E-state index in [0.717, 1.165) is 13.0 Å². The number of aliphatic hydroxyl groups is 1. The van der Waals surface area contributed by atoms with E-state index >= 15 is 0 Å². The largest absolute Gasteiger partial charge is 0.465 e. The molecule has 0 amide bonds. The van der Waals surface area contributed by atoms with Crippen molar-refractivity contribution in [1.82, 2.24) is 0 Å². The van der Waals surface area contributed by atoms with Crippen LogP contribution in [0.5, 0.6) is 0 Å². The molecule has 0 aliphatic carbocycles. The molecule has 0 spiro atoms. The summed E-state index contributed by atoms with van der Waals surface area (Å²) < 4.78 is 5.30. The van der Waals surface area contributed by atoms with Gasteiger partial charge in [-0.3, -0.25) is 0 Å². The topological polar surface area (TPSA) is 46.5 Å². The fraction of sp³-hybridized carbons (Fsp3) is 0.955. The number of aliphatic hydroxyl groups excluding tert-OH is 1. The van der Waals surface area contributed by atoms with Crippen LogP contribution in [-0.4, -0.2) is 56.0 Å². The Morgan fingerprint density at radius 1 is 0.808 bits per heavy atom. The number of hydrogen-bond acceptors (Lipinski definition) is 3. The number of quaternary nitrogens is 1. The first-order valence-electron chi connectivity index (χ1n) is 11.0. The van der Waals surface area contributed by atoms with Crippen molar-refractivity contribution < 1.29 is 19.1 Å². The standard InChI is InChI=1S/C22H46NO3/c1-5-6-7-8-9-10-11-12-13-14-15-16-17-18-19-23(2,3)21(20-24)22(25)26-4/h21,24H,5-20H2,1-4H3/q+1/t21-/m0/s1. The third kappa shape index (κ3) is 12.7. The summed E-state index contributed by atoms with van der Waals surface area (Å²) in [5, 5.41) is 9.46. The highest BCUT2D eigenvalue weighted by atomic mass is 16.5. The van der Waals surface area contributed by atoms with Crippen molar-refractivity contribution in [2.75, 3.05) is 34.4 Å². The van der Waals surface area contributed by atoms with Gasteiger partial charge in [0.05, 0.1) is 27.7 Å². The third-order valence-electron chi connectivity index (χ3n) is 5.58. The van der Waals surface area contributed by atoms with Gasteiger partial charge in [0.1, 0.15) is 6.61 Å². The number of rotatable bonds is 18. The van der Waals surface area contributed by atoms with E-state index in [0.29, 0.717) is 4.48 Å². The van der Waals surface area contributed by atoms with Crippen molar-refractivity contribution in [2.45, 2.75) is 103 Å². The number of carbonyl (C=O) groups excluding carboxylic acids is 1. The highest BCUT2D eigenvalue weighted by Gasteiger charge is 2.34. The Balaban J connectivity index is 3.51. The molecule has 0 aromatic carbocycles. The second-order valence-electron chi connectivity index (χ2n) is 8.32. The smallest absolute Gasteiger partial charge is 0.367 e. The highest BCUT2D eigenvalue weighted by molar-refractivity contribution is 5.74. The zero-order valence-corrected chi connectivity index (χ0v) is 18.1. The molecule has 0 saturated carbocycles. The van der Waals surface area contributed by atoms with E-state index < -0.39 is 6.04 Å². The summed E-state index contributed by atoms with van der Waals surface area (Å²) in [6, 6.07) is -0.470. The van der Waals surface area contributed by atoms with Crippen LogP contribution in [0.3, 0.4) is 0 Å². The van der Waals surface area contributed by atoms with Crippen LogP contribution >= 0.6 is 0 Å². The maximum Gasteiger partial charge on any atom is 0.367 e. The fourth-order valence-electron chi connectivity index (χ4n) is 3.59. The van der Waals surface area contributed by atoms with E-state index in [1.165, 1.54) is 90.6 Å². The summed E-state index contributed by atoms with van der Waals surface area (Å²) in [6.45, 7) is 3.02. The quantitative estimate of drug-likeness (QED) is 0.207. The zero-order chi connectivity index (χ0) is 19.7. The summed E-state index contributed by atoms with van der Waals surface area (Å²) in [4.78, 5) is 11.7. The molecule has 156 valence electrons. The van der Waals surface area contributed by atoms with E-state index in [1.54, 1.807) is 0 Å². The van der Waals surface area contributed by atoms with Crippen LogP contribution in [-0.2, 0) is 9.53 Å². The molecule has 4 heteroatoms. The van der Waals surface area contributed by atoms with Gasteiger partial charge in [0, 0.05) is 0 Å². The van der Waals surface area contributed by atoms with Crippen LogP contribution < -0.4 is 0 Å². The molecule has 1 atom stereocenters. The lowest BCUT2D eigenvalue weighted by Gasteiger charge is -2.35. The molecule has 26 heavy (non-hydrogen) atoms. The number of hydrogen-bond donors (Lipinski definition) is 1. The molecule has 0 fully saturated rings. The normalized spacial score (nSPS) is 13.0. The summed E-state index contributed by atoms with van der Waals surface area (Å²) in [6.07, 6.45) is 18.9. The second kappa shape index (κ2) is 16.6. The van der Waals surface area contributed by atoms with Gasteiger partial charge in [-0.2, -0.15) is 0 Å². The number of esters is 1. The average molecular weight is 373 g/mol. The number of likely N-dealkylation sites (N-methyl/N-ethyl adjacent to an activating group) is 1. The van der Waals surface area contributed by atoms with Crippen molar-refractivity contribution in [1.29, 1.82) is 0 Å². The van der Waals surface area contributed by atoms with Crippen molar-refractivity contribution in [3.05, 3.63) is 0 Å². The second-order valence-corrected chi connectivity index (χ2v) is 8.32. The van der Waals surface area contributed by atoms with Crippen LogP contribution in [0.1, 0.15) is 96.8 Å². The average Bonchev–Trinajstić information content (AvgIpc) is 2.62. The van der Waals surface area contributed by atoms with Crippen molar-refractivity contribution in [2.24, 2.45) is 0 Å². The van der Waals surface area contributed by atoms with Crippen LogP contribution in [0.4, 0.5) is 0 Å². The van der Waals surface area contributed by atoms with E-state index in [2.05, 4.69) is 6.92 Å². The molecular weight excluding hydrogens is 326 g/mol. The molecule has 0 unspecified atom stereocenters. The van der Waals surface area contributed by atoms with Crippen molar-refractivity contribution in [3.63, 3.8) is 0 Å². The van der Waals surface area contributed by atoms with Crippen LogP contribution in [0.25, 0.3) is 0 Å². The van der Waals surface area contributed by atoms with Gasteiger partial charge in [-0.25, -0.2) is 4.79 Å². The first kappa shape index (κ1) is 25.4. The summed E-state index contributed by atoms with van der Waals surface area (Å²) in [5.41, 5.74) is 0. The minimum atomic E-state index is -0.470. The number of methoxy groups -OCH3 is 1. The van der Waals surface area contributed by atoms with Crippen molar-refractivity contribution in [3.8, 4) is 0 Å². The summed E-state index contributed by atoms with van der Waals surface area (Å²) >= 11 is 0. The minimum Gasteiger partial charge on any atom is -0.465 e. The van der Waals surface area contributed by atoms with Crippen molar-refractivity contribution >= 4 is 5.97 Å². The molecule has 4 nitrogen and oxygen atoms in total. The monoisotopic (exact) mass is 372 g/mol. The van der Waals surface area contributed by atoms with Gasteiger partial charge in [0.15, 0.2) is 0 Å². The predicted octanol–water partition coefficient (Wildman–Crippen LogP) is 5.08. The lowest BCUT2D eigenvalue weighted by atomic mass is 10.0. The lowest BCUT2D eigenvalue weighted by Crippen LogP contribution is -2.55. The van der Waals surface area contributed by atoms with Gasteiger partial charge >= 0.3 is 5.97 Å². The van der Waals surface area contributed by atoms with Gasteiger partial charge in [-0.15, -0.1) is 0 Å². The first-order chi connectivity index (χ1) is 12.5. The van der Waals surface area contributed by atoms with E-state index in [9.17, 15) is 9.90 Å². The molecule has 1 N–H and O–H groups in total. The number of ether oxygens (including phenoxy) is 1. The Kier molecular flexibility index (Phi) is 16.2. The Labute approximate surface area is 162 Å². The first-order valence-corrected chi connectivity index (χ1v) is 11.0. The van der Waals surface area contributed by atoms with Gasteiger partial charge in [0.25, 0.3) is 0 Å². The van der Waals surface area contributed by atoms with E-state index in [-0.39, 0.29) is 12.6 Å². The van der Waals surface area contributed by atoms with Crippen LogP contribution in [0.15, 0.2) is 0 Å². The minimum absolute atomic E-state index is 0.154. The molecule has 0 bridgehead atoms. The molecule has 0 aromatic rings. The fourth-order valence-corrected chi connectivity index (χ4v) is 3.59. The molecule has 0 aliphatic rings. The van der Waals surface area contributed by atoms with Crippen LogP contribution in [0, 0.1) is 0 Å². The van der Waals surface area contributed by atoms with Gasteiger partial charge in [-0.1, -0.05) is 84.0 Å². The number of nitrogens with zero attached hydrogens (tertiary/aromatic N) is 1. The molecule has 0 aliphatic heterocycles. The summed E-state index contributed by atoms with van der Waals surface area (Å²) in [7, 11) is 5.39. The number of unbranched alkanes of at least 4 members (excludes halogenated alkanes) is 13. The lowest BCUT2D eigenvalue weighted by molar-refractivity contribution is -0.907. The summed E-state index contributed by atoms with van der Waals surface area (Å²) in [5.74, 6) is -0.317. The molecule has 0 rings (SSSR count). The number of carbonyl (C=O) groups is 1. The van der Waals surface area contributed by atoms with Crippen LogP contribution in [0.2, 0.25) is 0 Å². The highest BCUT2D eigenvalue weighted by Crippen LogP contribution is 2.15. The Morgan fingerprint density at radius 3 is 1.54 bits per heavy atom. The molecule has 0 aromatic heterocycles. The Bertz CT molecular complexity index is 331. The van der Waals surface area contributed by atoms with Gasteiger partial charge in [-0.05, 0) is 12.8 Å². The zero-order valence-electron chi connectivity index (χ0n) is 18.1. The maximum absolute atomic E-state index is 11.7. The Hall–Kier alpha value is -0.610. The molecule has 0 heterocycles. The van der Waals surface area contributed by atoms with E-state index in [4.69, 9.17) is 4.74 Å².